The van der Waals surface area contributed by atoms with Gasteiger partial charge in [-0.3, -0.25) is 9.30 Å². The summed E-state index contributed by atoms with van der Waals surface area (Å²) in [5.41, 5.74) is 1.02. The standard InChI is InChI=1S/C17H16N2O5/c18-9-12-7-4-8-19(12)17(11-5-2-1-3-6-11)23-15-14(21)13(10-20)22-16(15)24-17/h1-8,13-16,20-21H,10H2/t13-,14-,15-,16-,17?/m1/s1. The van der Waals surface area contributed by atoms with Crippen molar-refractivity contribution in [3.8, 4) is 6.07 Å². The van der Waals surface area contributed by atoms with Gasteiger partial charge in [0, 0.05) is 11.8 Å². The Kier molecular flexibility index (Phi) is 3.64. The average molecular weight is 328 g/mol. The van der Waals surface area contributed by atoms with Gasteiger partial charge in [-0.1, -0.05) is 30.3 Å². The molecule has 7 nitrogen and oxygen atoms in total. The van der Waals surface area contributed by atoms with Crippen molar-refractivity contribution in [1.82, 2.24) is 4.57 Å². The number of rotatable bonds is 3. The van der Waals surface area contributed by atoms with E-state index in [0.717, 1.165) is 0 Å². The summed E-state index contributed by atoms with van der Waals surface area (Å²) in [6.45, 7) is -0.327. The van der Waals surface area contributed by atoms with Gasteiger partial charge in [0.25, 0.3) is 5.91 Å². The largest absolute Gasteiger partial charge is 0.394 e. The Morgan fingerprint density at radius 2 is 1.96 bits per heavy atom. The van der Waals surface area contributed by atoms with Crippen LogP contribution in [0.1, 0.15) is 11.3 Å². The summed E-state index contributed by atoms with van der Waals surface area (Å²) in [6.07, 6.45) is -1.70. The molecule has 0 amide bonds. The Bertz CT molecular complexity index is 771. The van der Waals surface area contributed by atoms with E-state index in [-0.39, 0.29) is 6.61 Å². The SMILES string of the molecule is N#Cc1cccn1C1(c2ccccc2)O[C@H]2O[C@H](CO)[C@@H](O)[C@H]2O1. The van der Waals surface area contributed by atoms with Gasteiger partial charge in [0.1, 0.15) is 30.1 Å². The van der Waals surface area contributed by atoms with E-state index >= 15 is 0 Å². The van der Waals surface area contributed by atoms with Crippen LogP contribution in [0.2, 0.25) is 0 Å². The quantitative estimate of drug-likeness (QED) is 0.852. The monoisotopic (exact) mass is 328 g/mol. The Balaban J connectivity index is 1.80. The molecule has 124 valence electrons. The maximum absolute atomic E-state index is 10.3. The zero-order chi connectivity index (χ0) is 16.7. The third-order valence-electron chi connectivity index (χ3n) is 4.37. The third-order valence-corrected chi connectivity index (χ3v) is 4.37. The number of aliphatic hydroxyl groups is 2. The average Bonchev–Trinajstić information content (AvgIpc) is 3.30. The van der Waals surface area contributed by atoms with Crippen LogP contribution >= 0.6 is 0 Å². The van der Waals surface area contributed by atoms with Crippen LogP contribution in [0, 0.1) is 11.3 Å². The maximum atomic E-state index is 10.3. The van der Waals surface area contributed by atoms with Gasteiger partial charge in [-0.2, -0.15) is 5.26 Å². The molecule has 3 heterocycles. The molecule has 0 aliphatic carbocycles. The fourth-order valence-corrected chi connectivity index (χ4v) is 3.21. The lowest BCUT2D eigenvalue weighted by Gasteiger charge is -2.32. The molecule has 24 heavy (non-hydrogen) atoms. The predicted molar refractivity (Wildman–Crippen MR) is 80.4 cm³/mol. The molecule has 0 spiro atoms. The lowest BCUT2D eigenvalue weighted by molar-refractivity contribution is -0.259. The topological polar surface area (TPSA) is 96.9 Å². The van der Waals surface area contributed by atoms with Crippen LogP contribution in [0.15, 0.2) is 48.7 Å². The van der Waals surface area contributed by atoms with Crippen molar-refractivity contribution in [2.24, 2.45) is 0 Å². The smallest absolute Gasteiger partial charge is 0.287 e. The first-order valence-corrected chi connectivity index (χ1v) is 7.63. The first-order chi connectivity index (χ1) is 11.7. The van der Waals surface area contributed by atoms with Gasteiger partial charge in [-0.25, -0.2) is 0 Å². The lowest BCUT2D eigenvalue weighted by atomic mass is 10.1. The number of nitrogens with zero attached hydrogens (tertiary/aromatic N) is 2. The molecule has 1 aromatic heterocycles. The van der Waals surface area contributed by atoms with Crippen LogP contribution in [0.5, 0.6) is 0 Å². The Morgan fingerprint density at radius 3 is 2.62 bits per heavy atom. The van der Waals surface area contributed by atoms with Crippen molar-refractivity contribution in [2.75, 3.05) is 6.61 Å². The highest BCUT2D eigenvalue weighted by molar-refractivity contribution is 5.29. The highest BCUT2D eigenvalue weighted by Crippen LogP contribution is 2.44. The van der Waals surface area contributed by atoms with Crippen molar-refractivity contribution < 1.29 is 24.4 Å². The summed E-state index contributed by atoms with van der Waals surface area (Å²) in [5.74, 6) is -1.41. The number of fused-ring (bicyclic) bond motifs is 1. The molecular formula is C17H16N2O5. The summed E-state index contributed by atoms with van der Waals surface area (Å²) in [5, 5.41) is 28.9. The first kappa shape index (κ1) is 15.3. The summed E-state index contributed by atoms with van der Waals surface area (Å²) in [7, 11) is 0. The zero-order valence-corrected chi connectivity index (χ0v) is 12.6. The van der Waals surface area contributed by atoms with Crippen molar-refractivity contribution >= 4 is 0 Å². The van der Waals surface area contributed by atoms with Crippen LogP contribution in [-0.4, -0.2) is 46.0 Å². The number of aromatic nitrogens is 1. The Labute approximate surface area is 138 Å². The summed E-state index contributed by atoms with van der Waals surface area (Å²) < 4.78 is 19.3. The van der Waals surface area contributed by atoms with E-state index in [1.165, 1.54) is 0 Å². The van der Waals surface area contributed by atoms with Gasteiger partial charge >= 0.3 is 0 Å². The predicted octanol–water partition coefficient (Wildman–Crippen LogP) is 0.512. The summed E-state index contributed by atoms with van der Waals surface area (Å²) in [4.78, 5) is 0. The van der Waals surface area contributed by atoms with Gasteiger partial charge in [0.2, 0.25) is 0 Å². The first-order valence-electron chi connectivity index (χ1n) is 7.63. The normalized spacial score (nSPS) is 34.9. The van der Waals surface area contributed by atoms with Crippen molar-refractivity contribution in [1.29, 1.82) is 5.26 Å². The minimum absolute atomic E-state index is 0.327. The third kappa shape index (κ3) is 2.09. The van der Waals surface area contributed by atoms with E-state index in [1.807, 2.05) is 30.3 Å². The van der Waals surface area contributed by atoms with Crippen LogP contribution in [0.4, 0.5) is 0 Å². The number of benzene rings is 1. The molecular weight excluding hydrogens is 312 g/mol. The van der Waals surface area contributed by atoms with E-state index in [0.29, 0.717) is 11.3 Å². The number of nitriles is 1. The van der Waals surface area contributed by atoms with Crippen LogP contribution < -0.4 is 0 Å². The minimum Gasteiger partial charge on any atom is -0.394 e. The molecule has 7 heteroatoms. The highest BCUT2D eigenvalue weighted by atomic mass is 16.9. The van der Waals surface area contributed by atoms with Gasteiger partial charge < -0.3 is 19.7 Å². The fraction of sp³-hybridized carbons (Fsp3) is 0.353. The zero-order valence-electron chi connectivity index (χ0n) is 12.6. The molecule has 2 saturated heterocycles. The van der Waals surface area contributed by atoms with Crippen LogP contribution in [0.25, 0.3) is 0 Å². The van der Waals surface area contributed by atoms with E-state index in [2.05, 4.69) is 6.07 Å². The highest BCUT2D eigenvalue weighted by Gasteiger charge is 2.59. The molecule has 0 radical (unpaired) electrons. The Morgan fingerprint density at radius 1 is 1.17 bits per heavy atom. The molecule has 2 fully saturated rings. The second-order valence-corrected chi connectivity index (χ2v) is 5.74. The van der Waals surface area contributed by atoms with Gasteiger partial charge in [-0.05, 0) is 12.1 Å². The molecule has 2 aromatic rings. The van der Waals surface area contributed by atoms with E-state index in [9.17, 15) is 15.5 Å². The number of ether oxygens (including phenoxy) is 3. The van der Waals surface area contributed by atoms with Gasteiger partial charge in [0.05, 0.1) is 6.61 Å². The maximum Gasteiger partial charge on any atom is 0.287 e. The number of hydrogen-bond donors (Lipinski definition) is 2. The van der Waals surface area contributed by atoms with Crippen molar-refractivity contribution in [3.05, 3.63) is 59.9 Å². The van der Waals surface area contributed by atoms with Gasteiger partial charge in [-0.15, -0.1) is 0 Å². The van der Waals surface area contributed by atoms with Gasteiger partial charge in [0.15, 0.2) is 6.29 Å². The molecule has 2 aliphatic heterocycles. The molecule has 1 aromatic carbocycles. The molecule has 2 N–H and O–H groups in total. The molecule has 5 atom stereocenters. The second-order valence-electron chi connectivity index (χ2n) is 5.74. The second kappa shape index (κ2) is 5.70. The molecule has 0 bridgehead atoms. The Hall–Kier alpha value is -2.21. The lowest BCUT2D eigenvalue weighted by Crippen LogP contribution is -2.41. The fourth-order valence-electron chi connectivity index (χ4n) is 3.21. The molecule has 2 aliphatic rings. The van der Waals surface area contributed by atoms with E-state index in [4.69, 9.17) is 14.2 Å². The number of hydrogen-bond acceptors (Lipinski definition) is 6. The number of aliphatic hydroxyl groups excluding tert-OH is 2. The summed E-state index contributed by atoms with van der Waals surface area (Å²) in [6, 6.07) is 14.6. The molecule has 0 saturated carbocycles. The van der Waals surface area contributed by atoms with Crippen LogP contribution in [0.3, 0.4) is 0 Å². The van der Waals surface area contributed by atoms with E-state index < -0.39 is 30.5 Å². The minimum atomic E-state index is -1.41. The summed E-state index contributed by atoms with van der Waals surface area (Å²) >= 11 is 0. The molecule has 4 rings (SSSR count). The molecule has 1 unspecified atom stereocenters. The van der Waals surface area contributed by atoms with E-state index in [1.54, 1.807) is 22.9 Å². The van der Waals surface area contributed by atoms with Crippen molar-refractivity contribution in [3.63, 3.8) is 0 Å². The van der Waals surface area contributed by atoms with Crippen LogP contribution in [-0.2, 0) is 20.1 Å². The van der Waals surface area contributed by atoms with Crippen molar-refractivity contribution in [2.45, 2.75) is 30.5 Å².